The summed E-state index contributed by atoms with van der Waals surface area (Å²) in [6.45, 7) is 2.39. The molecule has 5 heteroatoms. The predicted octanol–water partition coefficient (Wildman–Crippen LogP) is -0.857. The molecule has 0 radical (unpaired) electrons. The first-order valence-corrected chi connectivity index (χ1v) is 4.27. The van der Waals surface area contributed by atoms with Crippen molar-refractivity contribution >= 4 is 11.9 Å². The van der Waals surface area contributed by atoms with E-state index >= 15 is 0 Å². The smallest absolute Gasteiger partial charge is 0.325 e. The second kappa shape index (κ2) is 4.23. The van der Waals surface area contributed by atoms with E-state index in [1.54, 1.807) is 6.92 Å². The van der Waals surface area contributed by atoms with Crippen LogP contribution in [0.2, 0.25) is 0 Å². The van der Waals surface area contributed by atoms with E-state index in [1.807, 2.05) is 0 Å². The second-order valence-electron chi connectivity index (χ2n) is 2.87. The van der Waals surface area contributed by atoms with Gasteiger partial charge in [0.2, 0.25) is 0 Å². The molecule has 1 N–H and O–H groups in total. The Hall–Kier alpha value is -1.10. The third kappa shape index (κ3) is 2.42. The van der Waals surface area contributed by atoms with Crippen molar-refractivity contribution in [1.29, 1.82) is 0 Å². The number of carbonyl (C=O) groups excluding carboxylic acids is 2. The van der Waals surface area contributed by atoms with Gasteiger partial charge in [-0.2, -0.15) is 0 Å². The Labute approximate surface area is 76.3 Å². The summed E-state index contributed by atoms with van der Waals surface area (Å²) in [7, 11) is 0. The zero-order valence-electron chi connectivity index (χ0n) is 7.52. The highest BCUT2D eigenvalue weighted by atomic mass is 16.5. The van der Waals surface area contributed by atoms with Gasteiger partial charge in [0.25, 0.3) is 5.91 Å². The molecule has 13 heavy (non-hydrogen) atoms. The first-order chi connectivity index (χ1) is 6.15. The summed E-state index contributed by atoms with van der Waals surface area (Å²) in [6, 6.07) is 0. The molecule has 1 heterocycles. The summed E-state index contributed by atoms with van der Waals surface area (Å²) in [6.07, 6.45) is -0.535. The number of rotatable bonds is 3. The van der Waals surface area contributed by atoms with Crippen molar-refractivity contribution in [3.8, 4) is 0 Å². The van der Waals surface area contributed by atoms with Gasteiger partial charge in [0, 0.05) is 6.54 Å². The Morgan fingerprint density at radius 2 is 2.46 bits per heavy atom. The largest absolute Gasteiger partial charge is 0.465 e. The number of amides is 1. The van der Waals surface area contributed by atoms with Crippen LogP contribution in [0, 0.1) is 0 Å². The Morgan fingerprint density at radius 1 is 1.77 bits per heavy atom. The van der Waals surface area contributed by atoms with Gasteiger partial charge in [-0.15, -0.1) is 0 Å². The fraction of sp³-hybridized carbons (Fsp3) is 0.750. The van der Waals surface area contributed by atoms with Crippen molar-refractivity contribution < 1.29 is 19.4 Å². The molecule has 0 aromatic rings. The SMILES string of the molecule is CCOC(=O)CN1CC[C@H](O)C1=O. The molecular formula is C8H13NO4. The maximum atomic E-state index is 11.1. The maximum Gasteiger partial charge on any atom is 0.325 e. The molecular weight excluding hydrogens is 174 g/mol. The van der Waals surface area contributed by atoms with Crippen LogP contribution in [0.5, 0.6) is 0 Å². The Kier molecular flexibility index (Phi) is 3.25. The molecule has 1 saturated heterocycles. The fourth-order valence-electron chi connectivity index (χ4n) is 1.24. The molecule has 1 fully saturated rings. The molecule has 0 saturated carbocycles. The molecule has 0 aromatic heterocycles. The molecule has 74 valence electrons. The zero-order valence-corrected chi connectivity index (χ0v) is 7.52. The van der Waals surface area contributed by atoms with E-state index in [2.05, 4.69) is 4.74 Å². The van der Waals surface area contributed by atoms with Crippen LogP contribution in [0.15, 0.2) is 0 Å². The fourth-order valence-corrected chi connectivity index (χ4v) is 1.24. The average Bonchev–Trinajstić information content (AvgIpc) is 2.37. The maximum absolute atomic E-state index is 11.1. The zero-order chi connectivity index (χ0) is 9.84. The Bertz CT molecular complexity index is 216. The van der Waals surface area contributed by atoms with Crippen LogP contribution in [0.3, 0.4) is 0 Å². The summed E-state index contributed by atoms with van der Waals surface area (Å²) >= 11 is 0. The van der Waals surface area contributed by atoms with Gasteiger partial charge < -0.3 is 14.7 Å². The number of likely N-dealkylation sites (tertiary alicyclic amines) is 1. The summed E-state index contributed by atoms with van der Waals surface area (Å²) < 4.78 is 4.67. The van der Waals surface area contributed by atoms with Gasteiger partial charge >= 0.3 is 5.97 Å². The quantitative estimate of drug-likeness (QED) is 0.584. The minimum absolute atomic E-state index is 0.0519. The van der Waals surface area contributed by atoms with Crippen LogP contribution < -0.4 is 0 Å². The van der Waals surface area contributed by atoms with Gasteiger partial charge in [-0.25, -0.2) is 0 Å². The van der Waals surface area contributed by atoms with E-state index in [-0.39, 0.29) is 12.5 Å². The van der Waals surface area contributed by atoms with Gasteiger partial charge in [-0.3, -0.25) is 9.59 Å². The molecule has 1 aliphatic heterocycles. The predicted molar refractivity (Wildman–Crippen MR) is 43.8 cm³/mol. The molecule has 5 nitrogen and oxygen atoms in total. The highest BCUT2D eigenvalue weighted by Gasteiger charge is 2.30. The number of aliphatic hydroxyl groups excluding tert-OH is 1. The van der Waals surface area contributed by atoms with E-state index in [1.165, 1.54) is 4.90 Å². The number of nitrogens with zero attached hydrogens (tertiary/aromatic N) is 1. The lowest BCUT2D eigenvalue weighted by atomic mass is 10.3. The van der Waals surface area contributed by atoms with Crippen LogP contribution in [0.25, 0.3) is 0 Å². The lowest BCUT2D eigenvalue weighted by Crippen LogP contribution is -2.34. The van der Waals surface area contributed by atoms with Crippen molar-refractivity contribution in [2.24, 2.45) is 0 Å². The van der Waals surface area contributed by atoms with Gasteiger partial charge in [0.05, 0.1) is 6.61 Å². The van der Waals surface area contributed by atoms with Gasteiger partial charge in [-0.1, -0.05) is 0 Å². The molecule has 1 aliphatic rings. The molecule has 1 atom stereocenters. The molecule has 0 aromatic carbocycles. The third-order valence-electron chi connectivity index (χ3n) is 1.89. The van der Waals surface area contributed by atoms with E-state index in [4.69, 9.17) is 5.11 Å². The van der Waals surface area contributed by atoms with Crippen molar-refractivity contribution in [1.82, 2.24) is 4.90 Å². The summed E-state index contributed by atoms with van der Waals surface area (Å²) in [4.78, 5) is 23.4. The first kappa shape index (κ1) is 9.98. The standard InChI is InChI=1S/C8H13NO4/c1-2-13-7(11)5-9-4-3-6(10)8(9)12/h6,10H,2-5H2,1H3/t6-/m0/s1. The van der Waals surface area contributed by atoms with Gasteiger partial charge in [0.15, 0.2) is 0 Å². The van der Waals surface area contributed by atoms with Crippen LogP contribution in [-0.4, -0.2) is 47.7 Å². The molecule has 1 rings (SSSR count). The first-order valence-electron chi connectivity index (χ1n) is 4.27. The number of ether oxygens (including phenoxy) is 1. The summed E-state index contributed by atoms with van der Waals surface area (Å²) in [5, 5.41) is 9.07. The number of hydrogen-bond acceptors (Lipinski definition) is 4. The minimum Gasteiger partial charge on any atom is -0.465 e. The van der Waals surface area contributed by atoms with E-state index in [9.17, 15) is 9.59 Å². The molecule has 0 spiro atoms. The average molecular weight is 187 g/mol. The Balaban J connectivity index is 2.38. The van der Waals surface area contributed by atoms with Crippen LogP contribution in [-0.2, 0) is 14.3 Å². The third-order valence-corrected chi connectivity index (χ3v) is 1.89. The molecule has 1 amide bonds. The molecule has 0 unspecified atom stereocenters. The van der Waals surface area contributed by atoms with Crippen molar-refractivity contribution in [3.05, 3.63) is 0 Å². The van der Waals surface area contributed by atoms with Crippen LogP contribution >= 0.6 is 0 Å². The van der Waals surface area contributed by atoms with Crippen molar-refractivity contribution in [2.75, 3.05) is 19.7 Å². The van der Waals surface area contributed by atoms with E-state index in [0.717, 1.165) is 0 Å². The number of aliphatic hydroxyl groups is 1. The van der Waals surface area contributed by atoms with Crippen LogP contribution in [0.1, 0.15) is 13.3 Å². The number of carbonyl (C=O) groups is 2. The monoisotopic (exact) mass is 187 g/mol. The minimum atomic E-state index is -0.936. The van der Waals surface area contributed by atoms with Crippen molar-refractivity contribution in [2.45, 2.75) is 19.4 Å². The lowest BCUT2D eigenvalue weighted by molar-refractivity contribution is -0.148. The molecule has 0 aliphatic carbocycles. The van der Waals surface area contributed by atoms with E-state index < -0.39 is 12.1 Å². The van der Waals surface area contributed by atoms with E-state index in [0.29, 0.717) is 19.6 Å². The molecule has 0 bridgehead atoms. The topological polar surface area (TPSA) is 66.8 Å². The highest BCUT2D eigenvalue weighted by molar-refractivity contribution is 5.86. The normalized spacial score (nSPS) is 22.2. The second-order valence-corrected chi connectivity index (χ2v) is 2.87. The summed E-state index contributed by atoms with van der Waals surface area (Å²) in [5.41, 5.74) is 0. The summed E-state index contributed by atoms with van der Waals surface area (Å²) in [5.74, 6) is -0.807. The number of esters is 1. The van der Waals surface area contributed by atoms with Crippen LogP contribution in [0.4, 0.5) is 0 Å². The number of hydrogen-bond donors (Lipinski definition) is 1. The van der Waals surface area contributed by atoms with Gasteiger partial charge in [-0.05, 0) is 13.3 Å². The highest BCUT2D eigenvalue weighted by Crippen LogP contribution is 2.09. The van der Waals surface area contributed by atoms with Crippen molar-refractivity contribution in [3.63, 3.8) is 0 Å². The van der Waals surface area contributed by atoms with Gasteiger partial charge in [0.1, 0.15) is 12.6 Å². The lowest BCUT2D eigenvalue weighted by Gasteiger charge is -2.13. The Morgan fingerprint density at radius 3 is 2.92 bits per heavy atom.